The number of rotatable bonds is 5. The molecule has 0 saturated carbocycles. The van der Waals surface area contributed by atoms with E-state index in [0.717, 1.165) is 16.7 Å². The van der Waals surface area contributed by atoms with Gasteiger partial charge in [-0.05, 0) is 36.2 Å². The normalized spacial score (nSPS) is 11.7. The molecule has 0 aromatic heterocycles. The third kappa shape index (κ3) is 3.91. The van der Waals surface area contributed by atoms with Crippen molar-refractivity contribution in [3.63, 3.8) is 0 Å². The van der Waals surface area contributed by atoms with E-state index in [0.29, 0.717) is 0 Å². The smallest absolute Gasteiger partial charge is 0.252 e. The fraction of sp³-hybridized carbons (Fsp3) is 0.136. The van der Waals surface area contributed by atoms with E-state index >= 15 is 0 Å². The van der Waals surface area contributed by atoms with Crippen molar-refractivity contribution in [2.75, 3.05) is 7.11 Å². The highest BCUT2D eigenvalue weighted by atomic mass is 19.1. The number of amides is 1. The Morgan fingerprint density at radius 1 is 0.962 bits per heavy atom. The summed E-state index contributed by atoms with van der Waals surface area (Å²) in [5, 5.41) is 3.01. The summed E-state index contributed by atoms with van der Waals surface area (Å²) in [6.45, 7) is 2.01. The number of benzene rings is 3. The Kier molecular flexibility index (Phi) is 5.32. The van der Waals surface area contributed by atoms with Gasteiger partial charge >= 0.3 is 0 Å². The van der Waals surface area contributed by atoms with E-state index in [-0.39, 0.29) is 23.3 Å². The van der Waals surface area contributed by atoms with Gasteiger partial charge < -0.3 is 10.1 Å². The molecule has 132 valence electrons. The molecule has 0 fully saturated rings. The van der Waals surface area contributed by atoms with Gasteiger partial charge in [0.25, 0.3) is 5.91 Å². The molecule has 0 heterocycles. The number of halogens is 1. The third-order valence-electron chi connectivity index (χ3n) is 4.20. The second-order valence-electron chi connectivity index (χ2n) is 6.08. The Labute approximate surface area is 152 Å². The van der Waals surface area contributed by atoms with Crippen molar-refractivity contribution in [1.82, 2.24) is 5.32 Å². The minimum Gasteiger partial charge on any atom is -0.494 e. The molecule has 26 heavy (non-hydrogen) atoms. The zero-order chi connectivity index (χ0) is 18.5. The van der Waals surface area contributed by atoms with Gasteiger partial charge in [-0.2, -0.15) is 0 Å². The number of aryl methyl sites for hydroxylation is 1. The van der Waals surface area contributed by atoms with Crippen molar-refractivity contribution < 1.29 is 13.9 Å². The van der Waals surface area contributed by atoms with E-state index in [1.54, 1.807) is 6.07 Å². The molecule has 4 heteroatoms. The summed E-state index contributed by atoms with van der Waals surface area (Å²) in [6, 6.07) is 21.5. The number of hydrogen-bond donors (Lipinski definition) is 1. The predicted octanol–water partition coefficient (Wildman–Crippen LogP) is 4.66. The second kappa shape index (κ2) is 7.83. The molecular weight excluding hydrogens is 329 g/mol. The molecule has 0 bridgehead atoms. The van der Waals surface area contributed by atoms with Crippen molar-refractivity contribution in [3.8, 4) is 5.75 Å². The van der Waals surface area contributed by atoms with Gasteiger partial charge in [-0.25, -0.2) is 4.39 Å². The second-order valence-corrected chi connectivity index (χ2v) is 6.08. The molecule has 0 spiro atoms. The number of carbonyl (C=O) groups excluding carboxylic acids is 1. The lowest BCUT2D eigenvalue weighted by Gasteiger charge is -2.20. The third-order valence-corrected chi connectivity index (χ3v) is 4.20. The average molecular weight is 349 g/mol. The van der Waals surface area contributed by atoms with E-state index in [1.807, 2.05) is 61.5 Å². The fourth-order valence-electron chi connectivity index (χ4n) is 2.88. The predicted molar refractivity (Wildman–Crippen MR) is 99.9 cm³/mol. The SMILES string of the molecule is COc1ccc(C(=O)N[C@@H](c2ccccc2)c2cccc(C)c2)cc1F. The van der Waals surface area contributed by atoms with Crippen molar-refractivity contribution in [2.24, 2.45) is 0 Å². The summed E-state index contributed by atoms with van der Waals surface area (Å²) in [7, 11) is 1.39. The highest BCUT2D eigenvalue weighted by molar-refractivity contribution is 5.94. The Balaban J connectivity index is 1.93. The summed E-state index contributed by atoms with van der Waals surface area (Å²) in [4.78, 5) is 12.7. The summed E-state index contributed by atoms with van der Waals surface area (Å²) >= 11 is 0. The topological polar surface area (TPSA) is 38.3 Å². The minimum atomic E-state index is -0.563. The molecule has 1 atom stereocenters. The van der Waals surface area contributed by atoms with E-state index in [4.69, 9.17) is 4.74 Å². The molecule has 1 amide bonds. The minimum absolute atomic E-state index is 0.111. The lowest BCUT2D eigenvalue weighted by molar-refractivity contribution is 0.0942. The van der Waals surface area contributed by atoms with Crippen LogP contribution in [0.25, 0.3) is 0 Å². The average Bonchev–Trinajstić information content (AvgIpc) is 2.66. The molecular formula is C22H20FNO2. The molecule has 0 aliphatic rings. The Hall–Kier alpha value is -3.14. The van der Waals surface area contributed by atoms with Crippen molar-refractivity contribution in [3.05, 3.63) is 101 Å². The van der Waals surface area contributed by atoms with Crippen molar-refractivity contribution >= 4 is 5.91 Å². The van der Waals surface area contributed by atoms with E-state index in [9.17, 15) is 9.18 Å². The van der Waals surface area contributed by atoms with Crippen molar-refractivity contribution in [1.29, 1.82) is 0 Å². The van der Waals surface area contributed by atoms with Gasteiger partial charge in [0, 0.05) is 5.56 Å². The highest BCUT2D eigenvalue weighted by Gasteiger charge is 2.19. The van der Waals surface area contributed by atoms with Crippen LogP contribution in [0.5, 0.6) is 5.75 Å². The zero-order valence-corrected chi connectivity index (χ0v) is 14.7. The van der Waals surface area contributed by atoms with Gasteiger partial charge in [0.2, 0.25) is 0 Å². The van der Waals surface area contributed by atoms with Gasteiger partial charge in [0.15, 0.2) is 11.6 Å². The fourth-order valence-corrected chi connectivity index (χ4v) is 2.88. The van der Waals surface area contributed by atoms with Crippen LogP contribution in [0.4, 0.5) is 4.39 Å². The molecule has 0 unspecified atom stereocenters. The Morgan fingerprint density at radius 3 is 2.35 bits per heavy atom. The maximum Gasteiger partial charge on any atom is 0.252 e. The maximum absolute atomic E-state index is 13.9. The van der Waals surface area contributed by atoms with Gasteiger partial charge in [0.1, 0.15) is 0 Å². The van der Waals surface area contributed by atoms with Crippen LogP contribution in [0.2, 0.25) is 0 Å². The maximum atomic E-state index is 13.9. The van der Waals surface area contributed by atoms with Crippen LogP contribution in [-0.2, 0) is 0 Å². The zero-order valence-electron chi connectivity index (χ0n) is 14.7. The first-order valence-corrected chi connectivity index (χ1v) is 8.34. The van der Waals surface area contributed by atoms with E-state index in [2.05, 4.69) is 5.32 Å². The molecule has 0 saturated heterocycles. The Morgan fingerprint density at radius 2 is 1.69 bits per heavy atom. The molecule has 3 aromatic carbocycles. The van der Waals surface area contributed by atoms with Crippen LogP contribution in [0, 0.1) is 12.7 Å². The summed E-state index contributed by atoms with van der Waals surface area (Å²) in [5.41, 5.74) is 3.28. The number of nitrogens with one attached hydrogen (secondary N) is 1. The van der Waals surface area contributed by atoms with E-state index < -0.39 is 5.82 Å². The van der Waals surface area contributed by atoms with Crippen LogP contribution in [-0.4, -0.2) is 13.0 Å². The first-order valence-electron chi connectivity index (χ1n) is 8.34. The number of hydrogen-bond acceptors (Lipinski definition) is 2. The van der Waals surface area contributed by atoms with Crippen molar-refractivity contribution in [2.45, 2.75) is 13.0 Å². The quantitative estimate of drug-likeness (QED) is 0.727. The van der Waals surface area contributed by atoms with Gasteiger partial charge in [-0.3, -0.25) is 4.79 Å². The monoisotopic (exact) mass is 349 g/mol. The summed E-state index contributed by atoms with van der Waals surface area (Å²) < 4.78 is 18.8. The first kappa shape index (κ1) is 17.7. The standard InChI is InChI=1S/C22H20FNO2/c1-15-7-6-10-17(13-15)21(16-8-4-3-5-9-16)24-22(25)18-11-12-20(26-2)19(23)14-18/h3-14,21H,1-2H3,(H,24,25)/t21-/m0/s1. The van der Waals surface area contributed by atoms with Gasteiger partial charge in [-0.15, -0.1) is 0 Å². The van der Waals surface area contributed by atoms with Crippen LogP contribution in [0.3, 0.4) is 0 Å². The molecule has 1 N–H and O–H groups in total. The molecule has 3 aromatic rings. The van der Waals surface area contributed by atoms with Crippen LogP contribution >= 0.6 is 0 Å². The molecule has 0 radical (unpaired) electrons. The van der Waals surface area contributed by atoms with E-state index in [1.165, 1.54) is 19.2 Å². The van der Waals surface area contributed by atoms with Crippen LogP contribution in [0.15, 0.2) is 72.8 Å². The number of ether oxygens (including phenoxy) is 1. The first-order chi connectivity index (χ1) is 12.6. The summed E-state index contributed by atoms with van der Waals surface area (Å²) in [5.74, 6) is -0.797. The lowest BCUT2D eigenvalue weighted by Crippen LogP contribution is -2.29. The highest BCUT2D eigenvalue weighted by Crippen LogP contribution is 2.24. The largest absolute Gasteiger partial charge is 0.494 e. The molecule has 0 aliphatic carbocycles. The van der Waals surface area contributed by atoms with Crippen LogP contribution in [0.1, 0.15) is 33.1 Å². The van der Waals surface area contributed by atoms with Crippen LogP contribution < -0.4 is 10.1 Å². The lowest BCUT2D eigenvalue weighted by atomic mass is 9.97. The number of methoxy groups -OCH3 is 1. The Bertz CT molecular complexity index is 909. The van der Waals surface area contributed by atoms with Gasteiger partial charge in [-0.1, -0.05) is 60.2 Å². The number of carbonyl (C=O) groups is 1. The molecule has 0 aliphatic heterocycles. The summed E-state index contributed by atoms with van der Waals surface area (Å²) in [6.07, 6.45) is 0. The molecule has 3 nitrogen and oxygen atoms in total. The van der Waals surface area contributed by atoms with Gasteiger partial charge in [0.05, 0.1) is 13.2 Å². The molecule has 3 rings (SSSR count).